The number of fused-ring (bicyclic) bond motifs is 1. The highest BCUT2D eigenvalue weighted by atomic mass is 35.5. The quantitative estimate of drug-likeness (QED) is 0.795. The van der Waals surface area contributed by atoms with Crippen molar-refractivity contribution < 1.29 is 14.3 Å². The van der Waals surface area contributed by atoms with Crippen molar-refractivity contribution in [1.82, 2.24) is 0 Å². The van der Waals surface area contributed by atoms with Gasteiger partial charge in [-0.1, -0.05) is 17.7 Å². The summed E-state index contributed by atoms with van der Waals surface area (Å²) in [5.41, 5.74) is 5.90. The molecule has 4 nitrogen and oxygen atoms in total. The number of ether oxygens (including phenoxy) is 2. The Morgan fingerprint density at radius 1 is 1.60 bits per heavy atom. The third-order valence-electron chi connectivity index (χ3n) is 2.18. The van der Waals surface area contributed by atoms with Crippen LogP contribution < -0.4 is 10.5 Å². The summed E-state index contributed by atoms with van der Waals surface area (Å²) in [7, 11) is 0. The third kappa shape index (κ3) is 2.33. The highest BCUT2D eigenvalue weighted by Crippen LogP contribution is 2.28. The first-order chi connectivity index (χ1) is 7.15. The summed E-state index contributed by atoms with van der Waals surface area (Å²) in [6.45, 7) is 0.316. The first-order valence-corrected chi connectivity index (χ1v) is 4.90. The second-order valence-electron chi connectivity index (χ2n) is 3.33. The molecule has 0 saturated heterocycles. The molecule has 80 valence electrons. The van der Waals surface area contributed by atoms with Gasteiger partial charge in [-0.05, 0) is 17.7 Å². The summed E-state index contributed by atoms with van der Waals surface area (Å²) in [6.07, 6.45) is -0.479. The second-order valence-corrected chi connectivity index (χ2v) is 3.76. The smallest absolute Gasteiger partial charge is 0.404 e. The highest BCUT2D eigenvalue weighted by molar-refractivity contribution is 6.30. The summed E-state index contributed by atoms with van der Waals surface area (Å²) in [5.74, 6) is 0.742. The summed E-state index contributed by atoms with van der Waals surface area (Å²) in [6, 6.07) is 5.38. The molecule has 15 heavy (non-hydrogen) atoms. The average molecular weight is 228 g/mol. The minimum absolute atomic E-state index is 0.309. The fraction of sp³-hybridized carbons (Fsp3) is 0.300. The molecular weight excluding hydrogens is 218 g/mol. The number of benzene rings is 1. The number of hydrogen-bond acceptors (Lipinski definition) is 3. The van der Waals surface area contributed by atoms with Crippen LogP contribution in [0.3, 0.4) is 0 Å². The molecule has 0 saturated carbocycles. The molecule has 2 N–H and O–H groups in total. The third-order valence-corrected chi connectivity index (χ3v) is 2.42. The lowest BCUT2D eigenvalue weighted by Crippen LogP contribution is -2.32. The van der Waals surface area contributed by atoms with E-state index in [1.165, 1.54) is 0 Å². The van der Waals surface area contributed by atoms with E-state index in [-0.39, 0.29) is 6.10 Å². The Morgan fingerprint density at radius 3 is 3.13 bits per heavy atom. The molecule has 1 aromatic rings. The van der Waals surface area contributed by atoms with Crippen LogP contribution in [0.2, 0.25) is 5.02 Å². The molecule has 1 amide bonds. The van der Waals surface area contributed by atoms with E-state index < -0.39 is 6.09 Å². The molecule has 1 aromatic carbocycles. The Hall–Kier alpha value is -1.42. The maximum absolute atomic E-state index is 10.6. The van der Waals surface area contributed by atoms with Crippen molar-refractivity contribution >= 4 is 17.7 Å². The molecule has 0 spiro atoms. The van der Waals surface area contributed by atoms with Gasteiger partial charge in [-0.25, -0.2) is 4.79 Å². The zero-order chi connectivity index (χ0) is 10.8. The van der Waals surface area contributed by atoms with Crippen LogP contribution in [0.5, 0.6) is 5.75 Å². The number of rotatable bonds is 1. The number of hydrogen-bond donors (Lipinski definition) is 1. The van der Waals surface area contributed by atoms with Crippen LogP contribution in [0.15, 0.2) is 18.2 Å². The van der Waals surface area contributed by atoms with Gasteiger partial charge in [0.2, 0.25) is 0 Å². The Kier molecular flexibility index (Phi) is 2.68. The molecule has 0 aromatic heterocycles. The van der Waals surface area contributed by atoms with Crippen LogP contribution >= 0.6 is 11.6 Å². The van der Waals surface area contributed by atoms with E-state index in [2.05, 4.69) is 0 Å². The van der Waals surface area contributed by atoms with E-state index in [1.54, 1.807) is 12.1 Å². The topological polar surface area (TPSA) is 61.6 Å². The largest absolute Gasteiger partial charge is 0.489 e. The maximum atomic E-state index is 10.6. The Morgan fingerprint density at radius 2 is 2.40 bits per heavy atom. The molecule has 0 bridgehead atoms. The van der Waals surface area contributed by atoms with Crippen molar-refractivity contribution in [2.45, 2.75) is 12.5 Å². The summed E-state index contributed by atoms with van der Waals surface area (Å²) < 4.78 is 10.3. The Bertz CT molecular complexity index is 394. The maximum Gasteiger partial charge on any atom is 0.404 e. The van der Waals surface area contributed by atoms with Gasteiger partial charge in [-0.2, -0.15) is 0 Å². The minimum Gasteiger partial charge on any atom is -0.489 e. The van der Waals surface area contributed by atoms with Crippen molar-refractivity contribution in [3.63, 3.8) is 0 Å². The standard InChI is InChI=1S/C10H10ClNO3/c11-7-2-1-6-3-8(15-10(12)13)5-14-9(6)4-7/h1-2,4,8H,3,5H2,(H2,12,13). The van der Waals surface area contributed by atoms with Crippen molar-refractivity contribution in [1.29, 1.82) is 0 Å². The minimum atomic E-state index is -0.777. The normalized spacial score (nSPS) is 18.9. The zero-order valence-corrected chi connectivity index (χ0v) is 8.66. The molecule has 5 heteroatoms. The molecule has 1 atom stereocenters. The van der Waals surface area contributed by atoms with Crippen molar-refractivity contribution in [3.05, 3.63) is 28.8 Å². The number of carbonyl (C=O) groups is 1. The lowest BCUT2D eigenvalue weighted by Gasteiger charge is -2.24. The van der Waals surface area contributed by atoms with Gasteiger partial charge in [-0.3, -0.25) is 0 Å². The van der Waals surface area contributed by atoms with Crippen LogP contribution in [0.25, 0.3) is 0 Å². The molecule has 0 aliphatic carbocycles. The van der Waals surface area contributed by atoms with Crippen molar-refractivity contribution in [2.24, 2.45) is 5.73 Å². The monoisotopic (exact) mass is 227 g/mol. The fourth-order valence-electron chi connectivity index (χ4n) is 1.56. The van der Waals surface area contributed by atoms with Gasteiger partial charge in [0.05, 0.1) is 0 Å². The van der Waals surface area contributed by atoms with Gasteiger partial charge in [0, 0.05) is 11.4 Å². The summed E-state index contributed by atoms with van der Waals surface area (Å²) in [5, 5.41) is 0.628. The predicted octanol–water partition coefficient (Wildman–Crippen LogP) is 1.74. The van der Waals surface area contributed by atoms with Crippen molar-refractivity contribution in [2.75, 3.05) is 6.61 Å². The van der Waals surface area contributed by atoms with E-state index in [4.69, 9.17) is 26.8 Å². The second kappa shape index (κ2) is 3.98. The van der Waals surface area contributed by atoms with Gasteiger partial charge < -0.3 is 15.2 Å². The number of amides is 1. The van der Waals surface area contributed by atoms with Gasteiger partial charge >= 0.3 is 6.09 Å². The van der Waals surface area contributed by atoms with Crippen LogP contribution in [0.1, 0.15) is 5.56 Å². The molecular formula is C10H10ClNO3. The molecule has 2 rings (SSSR count). The molecule has 1 heterocycles. The SMILES string of the molecule is NC(=O)OC1COc2cc(Cl)ccc2C1. The molecule has 1 unspecified atom stereocenters. The lowest BCUT2D eigenvalue weighted by molar-refractivity contribution is 0.0616. The first-order valence-electron chi connectivity index (χ1n) is 4.52. The molecule has 0 fully saturated rings. The lowest BCUT2D eigenvalue weighted by atomic mass is 10.0. The van der Waals surface area contributed by atoms with Crippen LogP contribution in [-0.4, -0.2) is 18.8 Å². The Balaban J connectivity index is 2.13. The average Bonchev–Trinajstić information content (AvgIpc) is 2.17. The van der Waals surface area contributed by atoms with Crippen LogP contribution in [0, 0.1) is 0 Å². The Labute approximate surface area is 91.9 Å². The van der Waals surface area contributed by atoms with Crippen LogP contribution in [0.4, 0.5) is 4.79 Å². The number of halogens is 1. The highest BCUT2D eigenvalue weighted by Gasteiger charge is 2.22. The van der Waals surface area contributed by atoms with Gasteiger partial charge in [0.1, 0.15) is 18.5 Å². The van der Waals surface area contributed by atoms with Gasteiger partial charge in [0.15, 0.2) is 0 Å². The van der Waals surface area contributed by atoms with E-state index in [0.717, 1.165) is 11.3 Å². The first kappa shape index (κ1) is 10.1. The summed E-state index contributed by atoms with van der Waals surface area (Å²) in [4.78, 5) is 10.6. The molecule has 1 aliphatic rings. The van der Waals surface area contributed by atoms with Crippen molar-refractivity contribution in [3.8, 4) is 5.75 Å². The van der Waals surface area contributed by atoms with E-state index in [9.17, 15) is 4.79 Å². The fourth-order valence-corrected chi connectivity index (χ4v) is 1.72. The molecule has 0 radical (unpaired) electrons. The van der Waals surface area contributed by atoms with E-state index in [1.807, 2.05) is 6.07 Å². The van der Waals surface area contributed by atoms with Crippen LogP contribution in [-0.2, 0) is 11.2 Å². The summed E-state index contributed by atoms with van der Waals surface area (Å²) >= 11 is 5.81. The van der Waals surface area contributed by atoms with E-state index in [0.29, 0.717) is 18.1 Å². The number of primary amides is 1. The predicted molar refractivity (Wildman–Crippen MR) is 55.1 cm³/mol. The number of nitrogens with two attached hydrogens (primary N) is 1. The van der Waals surface area contributed by atoms with E-state index >= 15 is 0 Å². The number of carbonyl (C=O) groups excluding carboxylic acids is 1. The molecule has 1 aliphatic heterocycles. The van der Waals surface area contributed by atoms with Gasteiger partial charge in [0.25, 0.3) is 0 Å². The zero-order valence-electron chi connectivity index (χ0n) is 7.90. The van der Waals surface area contributed by atoms with Gasteiger partial charge in [-0.15, -0.1) is 0 Å².